The normalized spacial score (nSPS) is 13.2. The molecule has 106 valence electrons. The van der Waals surface area contributed by atoms with Crippen LogP contribution in [0.2, 0.25) is 0 Å². The molecule has 1 atom stereocenters. The van der Waals surface area contributed by atoms with Crippen molar-refractivity contribution in [3.05, 3.63) is 18.0 Å². The molecule has 1 aromatic heterocycles. The maximum Gasteiger partial charge on any atom is 0.333 e. The second kappa shape index (κ2) is 5.38. The summed E-state index contributed by atoms with van der Waals surface area (Å²) in [5.74, 6) is -2.34. The molecule has 0 radical (unpaired) electrons. The molecule has 1 heterocycles. The largest absolute Gasteiger partial charge is 0.479 e. The van der Waals surface area contributed by atoms with Gasteiger partial charge in [-0.15, -0.1) is 0 Å². The second-order valence-electron chi connectivity index (χ2n) is 3.74. The third-order valence-corrected chi connectivity index (χ3v) is 3.68. The molecular weight excluding hydrogens is 278 g/mol. The first-order chi connectivity index (χ1) is 8.65. The number of nitrogens with two attached hydrogens (primary N) is 1. The highest BCUT2D eigenvalue weighted by atomic mass is 32.2. The number of nitrogens with one attached hydrogen (secondary N) is 1. The monoisotopic (exact) mass is 291 g/mol. The van der Waals surface area contributed by atoms with E-state index >= 15 is 0 Å². The molecule has 5 N–H and O–H groups in total. The fourth-order valence-corrected chi connectivity index (χ4v) is 2.39. The average Bonchev–Trinajstić information content (AvgIpc) is 2.69. The van der Waals surface area contributed by atoms with Crippen LogP contribution in [-0.2, 0) is 21.9 Å². The minimum absolute atomic E-state index is 0.0147. The standard InChI is InChI=1S/C9H13N3O6S/c1-12-4-5(2-6(12)8(10)14)19(17,18)11-3-7(13)9(15)16/h2,4,7,11,13H,3H2,1H3,(H2,10,14)(H,15,16)/t7-/m0/s1. The number of aliphatic hydroxyl groups is 1. The van der Waals surface area contributed by atoms with Crippen molar-refractivity contribution < 1.29 is 28.2 Å². The number of aromatic nitrogens is 1. The van der Waals surface area contributed by atoms with Crippen LogP contribution < -0.4 is 10.5 Å². The number of carbonyl (C=O) groups excluding carboxylic acids is 1. The summed E-state index contributed by atoms with van der Waals surface area (Å²) in [5.41, 5.74) is 5.03. The van der Waals surface area contributed by atoms with Crippen LogP contribution >= 0.6 is 0 Å². The molecule has 0 bridgehead atoms. The molecule has 0 saturated heterocycles. The smallest absolute Gasteiger partial charge is 0.333 e. The van der Waals surface area contributed by atoms with Crippen LogP contribution in [0.5, 0.6) is 0 Å². The Morgan fingerprint density at radius 2 is 2.11 bits per heavy atom. The summed E-state index contributed by atoms with van der Waals surface area (Å²) in [4.78, 5) is 21.1. The molecule has 10 heteroatoms. The van der Waals surface area contributed by atoms with E-state index in [0.717, 1.165) is 12.3 Å². The summed E-state index contributed by atoms with van der Waals surface area (Å²) in [5, 5.41) is 17.4. The number of amides is 1. The van der Waals surface area contributed by atoms with E-state index in [1.807, 2.05) is 4.72 Å². The van der Waals surface area contributed by atoms with Gasteiger partial charge in [-0.25, -0.2) is 17.9 Å². The van der Waals surface area contributed by atoms with Gasteiger partial charge in [-0.1, -0.05) is 0 Å². The van der Waals surface area contributed by atoms with Gasteiger partial charge in [-0.3, -0.25) is 4.79 Å². The Balaban J connectivity index is 2.92. The number of rotatable bonds is 6. The molecule has 1 rings (SSSR count). The van der Waals surface area contributed by atoms with Gasteiger partial charge >= 0.3 is 5.97 Å². The summed E-state index contributed by atoms with van der Waals surface area (Å²) >= 11 is 0. The van der Waals surface area contributed by atoms with E-state index in [1.54, 1.807) is 0 Å². The van der Waals surface area contributed by atoms with Crippen LogP contribution in [0.1, 0.15) is 10.5 Å². The number of carboxylic acid groups (broad SMARTS) is 1. The van der Waals surface area contributed by atoms with E-state index in [1.165, 1.54) is 11.6 Å². The van der Waals surface area contributed by atoms with Gasteiger partial charge < -0.3 is 20.5 Å². The van der Waals surface area contributed by atoms with Gasteiger partial charge in [-0.05, 0) is 6.07 Å². The molecular formula is C9H13N3O6S. The van der Waals surface area contributed by atoms with E-state index in [9.17, 15) is 18.0 Å². The third-order valence-electron chi connectivity index (χ3n) is 2.29. The van der Waals surface area contributed by atoms with Crippen molar-refractivity contribution >= 4 is 21.9 Å². The Morgan fingerprint density at radius 3 is 2.53 bits per heavy atom. The molecule has 0 aromatic carbocycles. The Kier molecular flexibility index (Phi) is 4.29. The predicted molar refractivity (Wildman–Crippen MR) is 62.8 cm³/mol. The number of aliphatic hydroxyl groups excluding tert-OH is 1. The fraction of sp³-hybridized carbons (Fsp3) is 0.333. The maximum atomic E-state index is 11.8. The second-order valence-corrected chi connectivity index (χ2v) is 5.51. The Morgan fingerprint density at radius 1 is 1.53 bits per heavy atom. The van der Waals surface area contributed by atoms with Crippen LogP contribution in [0.4, 0.5) is 0 Å². The van der Waals surface area contributed by atoms with Crippen molar-refractivity contribution in [2.45, 2.75) is 11.0 Å². The van der Waals surface area contributed by atoms with Crippen molar-refractivity contribution in [2.75, 3.05) is 6.54 Å². The lowest BCUT2D eigenvalue weighted by atomic mass is 10.4. The minimum Gasteiger partial charge on any atom is -0.479 e. The van der Waals surface area contributed by atoms with E-state index in [0.29, 0.717) is 0 Å². The summed E-state index contributed by atoms with van der Waals surface area (Å²) in [6, 6.07) is 1.05. The van der Waals surface area contributed by atoms with Crippen molar-refractivity contribution in [2.24, 2.45) is 12.8 Å². The molecule has 0 spiro atoms. The highest BCUT2D eigenvalue weighted by Crippen LogP contribution is 2.12. The highest BCUT2D eigenvalue weighted by Gasteiger charge is 2.22. The number of sulfonamides is 1. The van der Waals surface area contributed by atoms with Gasteiger partial charge in [0.1, 0.15) is 10.6 Å². The van der Waals surface area contributed by atoms with Gasteiger partial charge in [-0.2, -0.15) is 0 Å². The fourth-order valence-electron chi connectivity index (χ4n) is 1.29. The van der Waals surface area contributed by atoms with Crippen LogP contribution in [0.3, 0.4) is 0 Å². The maximum absolute atomic E-state index is 11.8. The van der Waals surface area contributed by atoms with Gasteiger partial charge in [0, 0.05) is 19.8 Å². The molecule has 19 heavy (non-hydrogen) atoms. The van der Waals surface area contributed by atoms with Crippen molar-refractivity contribution in [3.63, 3.8) is 0 Å². The van der Waals surface area contributed by atoms with Crippen molar-refractivity contribution in [3.8, 4) is 0 Å². The molecule has 0 aliphatic carbocycles. The topological polar surface area (TPSA) is 152 Å². The summed E-state index contributed by atoms with van der Waals surface area (Å²) in [6.45, 7) is -0.682. The zero-order valence-corrected chi connectivity index (χ0v) is 10.7. The average molecular weight is 291 g/mol. The van der Waals surface area contributed by atoms with E-state index in [4.69, 9.17) is 15.9 Å². The van der Waals surface area contributed by atoms with E-state index in [2.05, 4.69) is 0 Å². The van der Waals surface area contributed by atoms with Gasteiger partial charge in [0.25, 0.3) is 5.91 Å². The SMILES string of the molecule is Cn1cc(S(=O)(=O)NC[C@H](O)C(=O)O)cc1C(N)=O. The molecule has 1 aromatic rings. The lowest BCUT2D eigenvalue weighted by Crippen LogP contribution is -2.36. The minimum atomic E-state index is -4.03. The molecule has 0 saturated carbocycles. The van der Waals surface area contributed by atoms with E-state index in [-0.39, 0.29) is 10.6 Å². The van der Waals surface area contributed by atoms with Crippen molar-refractivity contribution in [1.82, 2.24) is 9.29 Å². The highest BCUT2D eigenvalue weighted by molar-refractivity contribution is 7.89. The van der Waals surface area contributed by atoms with Gasteiger partial charge in [0.2, 0.25) is 10.0 Å². The van der Waals surface area contributed by atoms with Crippen LogP contribution in [0, 0.1) is 0 Å². The van der Waals surface area contributed by atoms with Crippen molar-refractivity contribution in [1.29, 1.82) is 0 Å². The number of aliphatic carboxylic acids is 1. The Bertz CT molecular complexity index is 605. The summed E-state index contributed by atoms with van der Waals surface area (Å²) in [6.07, 6.45) is -0.704. The van der Waals surface area contributed by atoms with Gasteiger partial charge in [0.15, 0.2) is 6.10 Å². The number of aryl methyl sites for hydroxylation is 1. The van der Waals surface area contributed by atoms with E-state index < -0.39 is 34.5 Å². The first-order valence-corrected chi connectivity index (χ1v) is 6.50. The van der Waals surface area contributed by atoms with Crippen LogP contribution in [-0.4, -0.2) is 47.7 Å². The number of primary amides is 1. The Labute approximate surface area is 108 Å². The molecule has 1 amide bonds. The molecule has 9 nitrogen and oxygen atoms in total. The number of hydrogen-bond donors (Lipinski definition) is 4. The molecule has 0 aliphatic rings. The molecule has 0 unspecified atom stereocenters. The Hall–Kier alpha value is -1.91. The zero-order valence-electron chi connectivity index (χ0n) is 9.90. The predicted octanol–water partition coefficient (Wildman–Crippen LogP) is -2.15. The first kappa shape index (κ1) is 15.1. The number of carboxylic acids is 1. The molecule has 0 aliphatic heterocycles. The van der Waals surface area contributed by atoms with Gasteiger partial charge in [0.05, 0.1) is 0 Å². The quantitative estimate of drug-likeness (QED) is 0.469. The third kappa shape index (κ3) is 3.53. The lowest BCUT2D eigenvalue weighted by Gasteiger charge is -2.07. The first-order valence-electron chi connectivity index (χ1n) is 5.02. The van der Waals surface area contributed by atoms with Crippen LogP contribution in [0.25, 0.3) is 0 Å². The number of hydrogen-bond acceptors (Lipinski definition) is 5. The summed E-state index contributed by atoms with van der Waals surface area (Å²) in [7, 11) is -2.59. The lowest BCUT2D eigenvalue weighted by molar-refractivity contribution is -0.146. The van der Waals surface area contributed by atoms with Crippen LogP contribution in [0.15, 0.2) is 17.2 Å². The number of carbonyl (C=O) groups is 2. The number of nitrogens with zero attached hydrogens (tertiary/aromatic N) is 1. The summed E-state index contributed by atoms with van der Waals surface area (Å²) < 4.78 is 26.7. The molecule has 0 fully saturated rings. The zero-order chi connectivity index (χ0) is 14.8.